The Morgan fingerprint density at radius 1 is 1.39 bits per heavy atom. The van der Waals surface area contributed by atoms with Crippen LogP contribution < -0.4 is 11.1 Å². The summed E-state index contributed by atoms with van der Waals surface area (Å²) in [6, 6.07) is -0.800. The third-order valence-corrected chi connectivity index (χ3v) is 3.79. The van der Waals surface area contributed by atoms with Crippen LogP contribution in [0.4, 0.5) is 0 Å². The van der Waals surface area contributed by atoms with E-state index < -0.39 is 15.9 Å². The topological polar surface area (TPSA) is 109 Å². The summed E-state index contributed by atoms with van der Waals surface area (Å²) in [5.41, 5.74) is 5.60. The maximum atomic E-state index is 11.6. The quantitative estimate of drug-likeness (QED) is 0.516. The highest BCUT2D eigenvalue weighted by Gasteiger charge is 2.16. The highest BCUT2D eigenvalue weighted by molar-refractivity contribution is 7.90. The molecule has 0 radical (unpaired) electrons. The summed E-state index contributed by atoms with van der Waals surface area (Å²) in [6.07, 6.45) is 2.74. The highest BCUT2D eigenvalue weighted by Crippen LogP contribution is 2.05. The lowest BCUT2D eigenvalue weighted by atomic mass is 10.0. The molecule has 0 saturated heterocycles. The van der Waals surface area contributed by atoms with Crippen LogP contribution in [0.1, 0.15) is 26.2 Å². The van der Waals surface area contributed by atoms with Gasteiger partial charge in [-0.25, -0.2) is 8.42 Å². The lowest BCUT2D eigenvalue weighted by molar-refractivity contribution is -0.122. The average Bonchev–Trinajstić information content (AvgIpc) is 2.29. The van der Waals surface area contributed by atoms with Crippen molar-refractivity contribution < 1.29 is 18.3 Å². The predicted octanol–water partition coefficient (Wildman–Crippen LogP) is -0.727. The minimum atomic E-state index is -3.09. The van der Waals surface area contributed by atoms with E-state index in [1.54, 1.807) is 0 Å². The van der Waals surface area contributed by atoms with Crippen molar-refractivity contribution in [1.82, 2.24) is 5.32 Å². The minimum absolute atomic E-state index is 0.0879. The van der Waals surface area contributed by atoms with E-state index in [1.165, 1.54) is 0 Å². The van der Waals surface area contributed by atoms with Crippen LogP contribution in [0.3, 0.4) is 0 Å². The summed E-state index contributed by atoms with van der Waals surface area (Å²) in [7, 11) is -3.09. The molecule has 18 heavy (non-hydrogen) atoms. The Kier molecular flexibility index (Phi) is 8.13. The van der Waals surface area contributed by atoms with E-state index in [4.69, 9.17) is 10.8 Å². The molecule has 0 aromatic rings. The van der Waals surface area contributed by atoms with Gasteiger partial charge in [0, 0.05) is 19.4 Å². The molecule has 7 heteroatoms. The van der Waals surface area contributed by atoms with Gasteiger partial charge in [-0.1, -0.05) is 13.3 Å². The van der Waals surface area contributed by atoms with E-state index in [2.05, 4.69) is 5.32 Å². The van der Waals surface area contributed by atoms with Gasteiger partial charge in [-0.2, -0.15) is 0 Å². The number of rotatable bonds is 9. The Labute approximate surface area is 109 Å². The van der Waals surface area contributed by atoms with Gasteiger partial charge in [-0.05, 0) is 18.8 Å². The summed E-state index contributed by atoms with van der Waals surface area (Å²) >= 11 is 0. The molecular formula is C11H24N2O4S. The molecule has 0 aromatic carbocycles. The number of carbonyl (C=O) groups is 1. The Morgan fingerprint density at radius 3 is 2.44 bits per heavy atom. The molecule has 0 aromatic heterocycles. The first-order valence-electron chi connectivity index (χ1n) is 6.12. The van der Waals surface area contributed by atoms with Crippen molar-refractivity contribution in [2.75, 3.05) is 25.2 Å². The number of amides is 1. The molecule has 1 amide bonds. The van der Waals surface area contributed by atoms with Gasteiger partial charge in [0.25, 0.3) is 0 Å². The lowest BCUT2D eigenvalue weighted by Crippen LogP contribution is -2.43. The number of hydrogen-bond acceptors (Lipinski definition) is 5. The van der Waals surface area contributed by atoms with Crippen LogP contribution in [0.2, 0.25) is 0 Å². The van der Waals surface area contributed by atoms with Gasteiger partial charge in [0.2, 0.25) is 5.91 Å². The summed E-state index contributed by atoms with van der Waals surface area (Å²) < 4.78 is 21.9. The molecule has 0 aliphatic rings. The van der Waals surface area contributed by atoms with Crippen molar-refractivity contribution in [2.24, 2.45) is 11.7 Å². The maximum absolute atomic E-state index is 11.6. The summed E-state index contributed by atoms with van der Waals surface area (Å²) in [5, 5.41) is 11.5. The largest absolute Gasteiger partial charge is 0.396 e. The molecule has 108 valence electrons. The van der Waals surface area contributed by atoms with E-state index in [-0.39, 0.29) is 30.6 Å². The summed E-state index contributed by atoms with van der Waals surface area (Å²) in [5.74, 6) is -0.203. The highest BCUT2D eigenvalue weighted by atomic mass is 32.2. The lowest BCUT2D eigenvalue weighted by Gasteiger charge is -2.16. The predicted molar refractivity (Wildman–Crippen MR) is 70.8 cm³/mol. The Morgan fingerprint density at radius 2 is 2.00 bits per heavy atom. The molecule has 6 nitrogen and oxygen atoms in total. The molecule has 0 saturated carbocycles. The van der Waals surface area contributed by atoms with Crippen molar-refractivity contribution in [3.05, 3.63) is 0 Å². The summed E-state index contributed by atoms with van der Waals surface area (Å²) in [6.45, 7) is 2.53. The van der Waals surface area contributed by atoms with Gasteiger partial charge in [0.1, 0.15) is 9.84 Å². The second-order valence-corrected chi connectivity index (χ2v) is 6.82. The Bertz CT molecular complexity index is 343. The fraction of sp³-hybridized carbons (Fsp3) is 0.909. The minimum Gasteiger partial charge on any atom is -0.396 e. The molecule has 4 N–H and O–H groups in total. The molecule has 0 aliphatic carbocycles. The number of aliphatic hydroxyl groups is 1. The second-order valence-electron chi connectivity index (χ2n) is 4.56. The van der Waals surface area contributed by atoms with Crippen molar-refractivity contribution in [2.45, 2.75) is 32.2 Å². The van der Waals surface area contributed by atoms with Gasteiger partial charge in [-0.3, -0.25) is 4.79 Å². The van der Waals surface area contributed by atoms with E-state index >= 15 is 0 Å². The van der Waals surface area contributed by atoms with Gasteiger partial charge >= 0.3 is 0 Å². The normalized spacial score (nSPS) is 15.1. The maximum Gasteiger partial charge on any atom is 0.236 e. The zero-order chi connectivity index (χ0) is 14.2. The molecule has 0 rings (SSSR count). The van der Waals surface area contributed by atoms with Gasteiger partial charge in [-0.15, -0.1) is 0 Å². The van der Waals surface area contributed by atoms with Crippen LogP contribution in [-0.4, -0.2) is 50.6 Å². The van der Waals surface area contributed by atoms with Crippen LogP contribution in [0.25, 0.3) is 0 Å². The molecular weight excluding hydrogens is 256 g/mol. The van der Waals surface area contributed by atoms with Crippen LogP contribution in [0.15, 0.2) is 0 Å². The third kappa shape index (κ3) is 8.43. The van der Waals surface area contributed by atoms with Crippen molar-refractivity contribution in [3.63, 3.8) is 0 Å². The first-order chi connectivity index (χ1) is 8.30. The van der Waals surface area contributed by atoms with Crippen molar-refractivity contribution in [1.29, 1.82) is 0 Å². The smallest absolute Gasteiger partial charge is 0.236 e. The Hall–Kier alpha value is -0.660. The van der Waals surface area contributed by atoms with E-state index in [1.807, 2.05) is 6.92 Å². The molecule has 0 fully saturated rings. The van der Waals surface area contributed by atoms with Crippen LogP contribution in [0.5, 0.6) is 0 Å². The standard InChI is InChI=1S/C11H24N2O4S/c1-3-9(4-6-14)8-13-11(15)10(12)5-7-18(2,16)17/h9-10,14H,3-8,12H2,1-2H3,(H,13,15). The zero-order valence-corrected chi connectivity index (χ0v) is 11.9. The molecule has 0 aliphatic heterocycles. The second kappa shape index (κ2) is 8.44. The monoisotopic (exact) mass is 280 g/mol. The average molecular weight is 280 g/mol. The van der Waals surface area contributed by atoms with Gasteiger partial charge in [0.05, 0.1) is 11.8 Å². The molecule has 0 bridgehead atoms. The van der Waals surface area contributed by atoms with Crippen LogP contribution >= 0.6 is 0 Å². The number of sulfone groups is 1. The van der Waals surface area contributed by atoms with E-state index in [9.17, 15) is 13.2 Å². The number of nitrogens with two attached hydrogens (primary N) is 1. The van der Waals surface area contributed by atoms with Crippen LogP contribution in [-0.2, 0) is 14.6 Å². The third-order valence-electron chi connectivity index (χ3n) is 2.82. The van der Waals surface area contributed by atoms with Crippen molar-refractivity contribution in [3.8, 4) is 0 Å². The fourth-order valence-electron chi connectivity index (χ4n) is 1.48. The first kappa shape index (κ1) is 17.3. The van der Waals surface area contributed by atoms with E-state index in [0.717, 1.165) is 12.7 Å². The molecule has 0 heterocycles. The number of carbonyl (C=O) groups excluding carboxylic acids is 1. The number of hydrogen-bond donors (Lipinski definition) is 3. The van der Waals surface area contributed by atoms with Crippen molar-refractivity contribution >= 4 is 15.7 Å². The van der Waals surface area contributed by atoms with Gasteiger partial charge < -0.3 is 16.2 Å². The van der Waals surface area contributed by atoms with Gasteiger partial charge in [0.15, 0.2) is 0 Å². The summed E-state index contributed by atoms with van der Waals surface area (Å²) in [4.78, 5) is 11.6. The Balaban J connectivity index is 4.00. The zero-order valence-electron chi connectivity index (χ0n) is 11.1. The fourth-order valence-corrected chi connectivity index (χ4v) is 2.16. The first-order valence-corrected chi connectivity index (χ1v) is 8.18. The number of nitrogens with one attached hydrogen (secondary N) is 1. The SMILES string of the molecule is CCC(CCO)CNC(=O)C(N)CCS(C)(=O)=O. The van der Waals surface area contributed by atoms with E-state index in [0.29, 0.717) is 13.0 Å². The molecule has 2 unspecified atom stereocenters. The van der Waals surface area contributed by atoms with Crippen LogP contribution in [0, 0.1) is 5.92 Å². The molecule has 2 atom stereocenters. The number of aliphatic hydroxyl groups excluding tert-OH is 1. The molecule has 0 spiro atoms.